The predicted molar refractivity (Wildman–Crippen MR) is 81.5 cm³/mol. The molecule has 5 atom stereocenters. The molecule has 0 radical (unpaired) electrons. The van der Waals surface area contributed by atoms with Gasteiger partial charge in [0.2, 0.25) is 0 Å². The van der Waals surface area contributed by atoms with Gasteiger partial charge >= 0.3 is 5.97 Å². The van der Waals surface area contributed by atoms with Crippen molar-refractivity contribution in [1.29, 1.82) is 0 Å². The lowest BCUT2D eigenvalue weighted by molar-refractivity contribution is -0.276. The number of carboxylic acids is 1. The fourth-order valence-electron chi connectivity index (χ4n) is 2.64. The molecule has 1 aliphatic heterocycles. The number of aliphatic hydroxyl groups excluding tert-OH is 2. The van der Waals surface area contributed by atoms with Crippen molar-refractivity contribution in [3.8, 4) is 0 Å². The van der Waals surface area contributed by atoms with Gasteiger partial charge in [0.25, 0.3) is 0 Å². The fraction of sp³-hybridized carbons (Fsp3) is 0.938. The van der Waals surface area contributed by atoms with E-state index in [1.54, 1.807) is 6.92 Å². The van der Waals surface area contributed by atoms with Crippen LogP contribution < -0.4 is 0 Å². The topological polar surface area (TPSA) is 96.2 Å². The maximum Gasteiger partial charge on any atom is 0.305 e. The molecule has 0 aromatic heterocycles. The van der Waals surface area contributed by atoms with E-state index in [1.807, 2.05) is 0 Å². The molecule has 1 saturated heterocycles. The van der Waals surface area contributed by atoms with Crippen molar-refractivity contribution in [2.24, 2.45) is 0 Å². The first-order valence-electron chi connectivity index (χ1n) is 8.32. The van der Waals surface area contributed by atoms with Crippen LogP contribution in [0.1, 0.15) is 65.2 Å². The number of unbranched alkanes of at least 4 members (excludes halogenated alkanes) is 4. The lowest BCUT2D eigenvalue weighted by atomic mass is 10.0. The first-order chi connectivity index (χ1) is 10.4. The lowest BCUT2D eigenvalue weighted by Gasteiger charge is -2.37. The molecule has 0 aromatic rings. The predicted octanol–water partition coefficient (Wildman–Crippen LogP) is 2.06. The Morgan fingerprint density at radius 3 is 2.55 bits per heavy atom. The van der Waals surface area contributed by atoms with E-state index in [9.17, 15) is 15.0 Å². The number of hydrogen-bond acceptors (Lipinski definition) is 5. The van der Waals surface area contributed by atoms with Crippen LogP contribution in [0.2, 0.25) is 0 Å². The van der Waals surface area contributed by atoms with Crippen molar-refractivity contribution in [3.05, 3.63) is 0 Å². The molecule has 6 nitrogen and oxygen atoms in total. The van der Waals surface area contributed by atoms with E-state index in [0.29, 0.717) is 6.42 Å². The molecule has 130 valence electrons. The molecule has 0 aromatic carbocycles. The Balaban J connectivity index is 2.44. The molecule has 6 heteroatoms. The summed E-state index contributed by atoms with van der Waals surface area (Å²) in [5.74, 6) is -0.919. The summed E-state index contributed by atoms with van der Waals surface area (Å²) in [6.07, 6.45) is 2.76. The van der Waals surface area contributed by atoms with E-state index < -0.39 is 36.7 Å². The molecule has 22 heavy (non-hydrogen) atoms. The molecule has 1 fully saturated rings. The van der Waals surface area contributed by atoms with E-state index in [1.165, 1.54) is 6.42 Å². The van der Waals surface area contributed by atoms with Gasteiger partial charge < -0.3 is 24.8 Å². The number of carboxylic acid groups (broad SMARTS) is 1. The molecule has 3 N–H and O–H groups in total. The highest BCUT2D eigenvalue weighted by molar-refractivity contribution is 5.67. The highest BCUT2D eigenvalue weighted by Crippen LogP contribution is 2.24. The fourth-order valence-corrected chi connectivity index (χ4v) is 2.64. The molecule has 0 spiro atoms. The van der Waals surface area contributed by atoms with E-state index in [2.05, 4.69) is 6.92 Å². The van der Waals surface area contributed by atoms with Gasteiger partial charge in [-0.3, -0.25) is 4.79 Å². The molecule has 0 amide bonds. The van der Waals surface area contributed by atoms with Crippen LogP contribution in [0.25, 0.3) is 0 Å². The minimum absolute atomic E-state index is 0.0999. The minimum Gasteiger partial charge on any atom is -0.481 e. The van der Waals surface area contributed by atoms with Crippen molar-refractivity contribution < 1.29 is 29.6 Å². The van der Waals surface area contributed by atoms with Gasteiger partial charge in [-0.05, 0) is 13.3 Å². The first kappa shape index (κ1) is 19.4. The third-order valence-corrected chi connectivity index (χ3v) is 4.05. The van der Waals surface area contributed by atoms with Crippen LogP contribution in [0.5, 0.6) is 0 Å². The summed E-state index contributed by atoms with van der Waals surface area (Å²) in [6.45, 7) is 3.86. The highest BCUT2D eigenvalue weighted by Gasteiger charge is 2.36. The second-order valence-electron chi connectivity index (χ2n) is 6.14. The zero-order valence-electron chi connectivity index (χ0n) is 13.6. The third kappa shape index (κ3) is 7.05. The third-order valence-electron chi connectivity index (χ3n) is 4.05. The number of ether oxygens (including phenoxy) is 2. The molecule has 0 aliphatic carbocycles. The van der Waals surface area contributed by atoms with Gasteiger partial charge in [-0.1, -0.05) is 39.0 Å². The summed E-state index contributed by atoms with van der Waals surface area (Å²) in [6, 6.07) is 0. The zero-order chi connectivity index (χ0) is 16.5. The SMILES string of the molecule is CCCCCCCC(CC(=O)O)OC1OC(C)C(O)CC1O. The standard InChI is InChI=1S/C16H30O6/c1-3-4-5-6-7-8-12(9-15(19)20)22-16-14(18)10-13(17)11(2)21-16/h11-14,16-18H,3-10H2,1-2H3,(H,19,20). The van der Waals surface area contributed by atoms with Crippen LogP contribution >= 0.6 is 0 Å². The molecular formula is C16H30O6. The monoisotopic (exact) mass is 318 g/mol. The smallest absolute Gasteiger partial charge is 0.305 e. The van der Waals surface area contributed by atoms with Gasteiger partial charge in [0.05, 0.1) is 24.7 Å². The molecule has 1 heterocycles. The largest absolute Gasteiger partial charge is 0.481 e. The van der Waals surface area contributed by atoms with Crippen molar-refractivity contribution in [3.63, 3.8) is 0 Å². The molecule has 1 aliphatic rings. The Morgan fingerprint density at radius 2 is 1.91 bits per heavy atom. The molecule has 0 saturated carbocycles. The Morgan fingerprint density at radius 1 is 1.23 bits per heavy atom. The Bertz CT molecular complexity index is 322. The van der Waals surface area contributed by atoms with Crippen LogP contribution in [0.3, 0.4) is 0 Å². The molecule has 1 rings (SSSR count). The van der Waals surface area contributed by atoms with Crippen LogP contribution in [-0.4, -0.2) is 52.0 Å². The van der Waals surface area contributed by atoms with E-state index in [0.717, 1.165) is 25.7 Å². The van der Waals surface area contributed by atoms with E-state index in [4.69, 9.17) is 14.6 Å². The average Bonchev–Trinajstić information content (AvgIpc) is 2.43. The normalized spacial score (nSPS) is 30.2. The summed E-state index contributed by atoms with van der Waals surface area (Å²) in [5.41, 5.74) is 0. The van der Waals surface area contributed by atoms with Crippen molar-refractivity contribution in [1.82, 2.24) is 0 Å². The minimum atomic E-state index is -0.928. The zero-order valence-corrected chi connectivity index (χ0v) is 13.6. The van der Waals surface area contributed by atoms with Crippen molar-refractivity contribution in [2.75, 3.05) is 0 Å². The van der Waals surface area contributed by atoms with Gasteiger partial charge in [-0.2, -0.15) is 0 Å². The second kappa shape index (κ2) is 10.2. The van der Waals surface area contributed by atoms with Crippen molar-refractivity contribution >= 4 is 5.97 Å². The Labute approximate surface area is 132 Å². The Kier molecular flexibility index (Phi) is 8.93. The summed E-state index contributed by atoms with van der Waals surface area (Å²) in [5, 5.41) is 28.5. The molecule has 5 unspecified atom stereocenters. The summed E-state index contributed by atoms with van der Waals surface area (Å²) < 4.78 is 11.1. The quantitative estimate of drug-likeness (QED) is 0.534. The average molecular weight is 318 g/mol. The molecular weight excluding hydrogens is 288 g/mol. The summed E-state index contributed by atoms with van der Waals surface area (Å²) in [4.78, 5) is 11.0. The summed E-state index contributed by atoms with van der Waals surface area (Å²) in [7, 11) is 0. The lowest BCUT2D eigenvalue weighted by Crippen LogP contribution is -2.48. The Hall–Kier alpha value is -0.690. The highest BCUT2D eigenvalue weighted by atomic mass is 16.7. The van der Waals surface area contributed by atoms with Crippen LogP contribution in [0.15, 0.2) is 0 Å². The number of aliphatic hydroxyl groups is 2. The maximum absolute atomic E-state index is 11.0. The van der Waals surface area contributed by atoms with Gasteiger partial charge in [-0.15, -0.1) is 0 Å². The van der Waals surface area contributed by atoms with E-state index >= 15 is 0 Å². The second-order valence-corrected chi connectivity index (χ2v) is 6.14. The van der Waals surface area contributed by atoms with Gasteiger partial charge in [-0.25, -0.2) is 0 Å². The first-order valence-corrected chi connectivity index (χ1v) is 8.32. The molecule has 0 bridgehead atoms. The summed E-state index contributed by atoms with van der Waals surface area (Å²) >= 11 is 0. The number of hydrogen-bond donors (Lipinski definition) is 3. The van der Waals surface area contributed by atoms with E-state index in [-0.39, 0.29) is 12.8 Å². The van der Waals surface area contributed by atoms with Crippen LogP contribution in [0.4, 0.5) is 0 Å². The number of carbonyl (C=O) groups is 1. The number of rotatable bonds is 10. The van der Waals surface area contributed by atoms with Crippen LogP contribution in [0, 0.1) is 0 Å². The maximum atomic E-state index is 11.0. The van der Waals surface area contributed by atoms with Crippen LogP contribution in [-0.2, 0) is 14.3 Å². The number of aliphatic carboxylic acids is 1. The van der Waals surface area contributed by atoms with Gasteiger partial charge in [0.15, 0.2) is 6.29 Å². The van der Waals surface area contributed by atoms with Gasteiger partial charge in [0.1, 0.15) is 6.10 Å². The van der Waals surface area contributed by atoms with Crippen molar-refractivity contribution in [2.45, 2.75) is 95.9 Å². The van der Waals surface area contributed by atoms with Gasteiger partial charge in [0, 0.05) is 6.42 Å².